The predicted octanol–water partition coefficient (Wildman–Crippen LogP) is 2.81. The molecular weight excluding hydrogens is 341 g/mol. The third kappa shape index (κ3) is 2.72. The lowest BCUT2D eigenvalue weighted by molar-refractivity contribution is 0.0937. The molecule has 1 amide bonds. The molecular formula is C13H14IN3O. The molecule has 1 heterocycles. The Morgan fingerprint density at radius 2 is 2.28 bits per heavy atom. The average Bonchev–Trinajstić information content (AvgIpc) is 2.86. The van der Waals surface area contributed by atoms with Crippen LogP contribution in [0.5, 0.6) is 0 Å². The van der Waals surface area contributed by atoms with Crippen molar-refractivity contribution in [2.75, 3.05) is 0 Å². The molecule has 1 aromatic carbocycles. The molecule has 2 rings (SSSR count). The van der Waals surface area contributed by atoms with Crippen LogP contribution in [0.1, 0.15) is 34.7 Å². The summed E-state index contributed by atoms with van der Waals surface area (Å²) in [4.78, 5) is 19.3. The lowest BCUT2D eigenvalue weighted by atomic mass is 10.1. The zero-order chi connectivity index (χ0) is 13.1. The Balaban J connectivity index is 2.15. The third-order valence-electron chi connectivity index (χ3n) is 2.71. The maximum absolute atomic E-state index is 12.2. The molecule has 0 spiro atoms. The first-order chi connectivity index (χ1) is 8.59. The highest BCUT2D eigenvalue weighted by molar-refractivity contribution is 14.1. The number of aromatic amines is 1. The van der Waals surface area contributed by atoms with Crippen LogP contribution >= 0.6 is 22.6 Å². The molecule has 0 saturated heterocycles. The Morgan fingerprint density at radius 1 is 1.50 bits per heavy atom. The molecule has 0 saturated carbocycles. The predicted molar refractivity (Wildman–Crippen MR) is 78.4 cm³/mol. The highest BCUT2D eigenvalue weighted by Gasteiger charge is 2.15. The van der Waals surface area contributed by atoms with Crippen LogP contribution in [0.4, 0.5) is 0 Å². The van der Waals surface area contributed by atoms with E-state index < -0.39 is 0 Å². The van der Waals surface area contributed by atoms with Gasteiger partial charge in [0.25, 0.3) is 5.91 Å². The van der Waals surface area contributed by atoms with E-state index in [2.05, 4.69) is 37.9 Å². The lowest BCUT2D eigenvalue weighted by Crippen LogP contribution is -2.28. The monoisotopic (exact) mass is 355 g/mol. The van der Waals surface area contributed by atoms with E-state index in [0.29, 0.717) is 5.56 Å². The van der Waals surface area contributed by atoms with Crippen LogP contribution < -0.4 is 5.32 Å². The van der Waals surface area contributed by atoms with E-state index in [-0.39, 0.29) is 11.9 Å². The minimum Gasteiger partial charge on any atom is -0.347 e. The number of nitrogens with one attached hydrogen (secondary N) is 2. The summed E-state index contributed by atoms with van der Waals surface area (Å²) in [5.74, 6) is 0.679. The number of hydrogen-bond donors (Lipinski definition) is 2. The van der Waals surface area contributed by atoms with Gasteiger partial charge < -0.3 is 10.3 Å². The fourth-order valence-electron chi connectivity index (χ4n) is 1.68. The number of hydrogen-bond acceptors (Lipinski definition) is 2. The zero-order valence-corrected chi connectivity index (χ0v) is 12.4. The number of nitrogens with zero attached hydrogens (tertiary/aromatic N) is 1. The summed E-state index contributed by atoms with van der Waals surface area (Å²) in [7, 11) is 0. The quantitative estimate of drug-likeness (QED) is 0.832. The number of halogens is 1. The molecule has 2 N–H and O–H groups in total. The van der Waals surface area contributed by atoms with Crippen LogP contribution in [-0.2, 0) is 0 Å². The summed E-state index contributed by atoms with van der Waals surface area (Å²) in [6.07, 6.45) is 3.42. The second-order valence-corrected chi connectivity index (χ2v) is 5.18. The van der Waals surface area contributed by atoms with Crippen LogP contribution in [0.2, 0.25) is 0 Å². The van der Waals surface area contributed by atoms with Gasteiger partial charge in [-0.3, -0.25) is 4.79 Å². The van der Waals surface area contributed by atoms with Crippen LogP contribution in [0.3, 0.4) is 0 Å². The highest BCUT2D eigenvalue weighted by Crippen LogP contribution is 2.17. The first-order valence-electron chi connectivity index (χ1n) is 5.65. The van der Waals surface area contributed by atoms with Crippen LogP contribution in [0.25, 0.3) is 0 Å². The number of aromatic nitrogens is 2. The maximum Gasteiger partial charge on any atom is 0.252 e. The van der Waals surface area contributed by atoms with Crippen molar-refractivity contribution < 1.29 is 4.79 Å². The van der Waals surface area contributed by atoms with E-state index in [0.717, 1.165) is 15.0 Å². The minimum absolute atomic E-state index is 0.0769. The average molecular weight is 355 g/mol. The second kappa shape index (κ2) is 5.51. The minimum atomic E-state index is -0.135. The van der Waals surface area contributed by atoms with Crippen molar-refractivity contribution in [1.82, 2.24) is 15.3 Å². The molecule has 18 heavy (non-hydrogen) atoms. The number of imidazole rings is 1. The number of aryl methyl sites for hydroxylation is 1. The first kappa shape index (κ1) is 13.1. The Bertz CT molecular complexity index is 551. The lowest BCUT2D eigenvalue weighted by Gasteiger charge is -2.13. The van der Waals surface area contributed by atoms with E-state index in [4.69, 9.17) is 0 Å². The molecule has 1 aromatic heterocycles. The van der Waals surface area contributed by atoms with Gasteiger partial charge in [0.2, 0.25) is 0 Å². The summed E-state index contributed by atoms with van der Waals surface area (Å²) in [5.41, 5.74) is 1.81. The Kier molecular flexibility index (Phi) is 4.00. The molecule has 0 aliphatic heterocycles. The number of carbonyl (C=O) groups excluding carboxylic acids is 1. The van der Waals surface area contributed by atoms with Gasteiger partial charge in [-0.15, -0.1) is 0 Å². The SMILES string of the molecule is Cc1cccc(C(=O)NC(C)c2ncc[nH]2)c1I. The fourth-order valence-corrected chi connectivity index (χ4v) is 2.28. The molecule has 0 fully saturated rings. The molecule has 5 heteroatoms. The standard InChI is InChI=1S/C13H14IN3O/c1-8-4-3-5-10(11(8)14)13(18)17-9(2)12-15-6-7-16-12/h3-7,9H,1-2H3,(H,15,16)(H,17,18). The summed E-state index contributed by atoms with van der Waals surface area (Å²) < 4.78 is 0.985. The smallest absolute Gasteiger partial charge is 0.252 e. The normalized spacial score (nSPS) is 12.2. The van der Waals surface area contributed by atoms with Crippen LogP contribution in [0, 0.1) is 10.5 Å². The first-order valence-corrected chi connectivity index (χ1v) is 6.72. The highest BCUT2D eigenvalue weighted by atomic mass is 127. The van der Waals surface area contributed by atoms with E-state index in [1.165, 1.54) is 0 Å². The van der Waals surface area contributed by atoms with Gasteiger partial charge in [0.15, 0.2) is 0 Å². The molecule has 4 nitrogen and oxygen atoms in total. The Morgan fingerprint density at radius 3 is 2.94 bits per heavy atom. The number of benzene rings is 1. The van der Waals surface area contributed by atoms with Gasteiger partial charge in [-0.1, -0.05) is 12.1 Å². The Labute approximate surface area is 119 Å². The molecule has 1 atom stereocenters. The summed E-state index contributed by atoms with van der Waals surface area (Å²) in [6.45, 7) is 3.90. The summed E-state index contributed by atoms with van der Waals surface area (Å²) in [5, 5.41) is 2.93. The molecule has 1 unspecified atom stereocenters. The van der Waals surface area contributed by atoms with E-state index in [9.17, 15) is 4.79 Å². The fraction of sp³-hybridized carbons (Fsp3) is 0.231. The van der Waals surface area contributed by atoms with Crippen molar-refractivity contribution in [1.29, 1.82) is 0 Å². The van der Waals surface area contributed by atoms with Gasteiger partial charge >= 0.3 is 0 Å². The van der Waals surface area contributed by atoms with Crippen molar-refractivity contribution in [2.24, 2.45) is 0 Å². The topological polar surface area (TPSA) is 57.8 Å². The summed E-state index contributed by atoms with van der Waals surface area (Å²) in [6, 6.07) is 5.58. The molecule has 0 bridgehead atoms. The molecule has 0 aliphatic carbocycles. The van der Waals surface area contributed by atoms with Gasteiger partial charge in [-0.05, 0) is 48.1 Å². The van der Waals surface area contributed by atoms with Gasteiger partial charge in [0.1, 0.15) is 5.82 Å². The summed E-state index contributed by atoms with van der Waals surface area (Å²) >= 11 is 2.20. The van der Waals surface area contributed by atoms with Crippen molar-refractivity contribution in [3.63, 3.8) is 0 Å². The number of amides is 1. The number of carbonyl (C=O) groups is 1. The molecule has 0 aliphatic rings. The second-order valence-electron chi connectivity index (χ2n) is 4.11. The van der Waals surface area contributed by atoms with Gasteiger partial charge in [-0.25, -0.2) is 4.98 Å². The van der Waals surface area contributed by atoms with Crippen molar-refractivity contribution >= 4 is 28.5 Å². The van der Waals surface area contributed by atoms with E-state index in [1.807, 2.05) is 32.0 Å². The van der Waals surface area contributed by atoms with Crippen molar-refractivity contribution in [3.05, 3.63) is 51.1 Å². The largest absolute Gasteiger partial charge is 0.347 e. The van der Waals surface area contributed by atoms with Crippen LogP contribution in [-0.4, -0.2) is 15.9 Å². The number of H-pyrrole nitrogens is 1. The van der Waals surface area contributed by atoms with Gasteiger partial charge in [-0.2, -0.15) is 0 Å². The van der Waals surface area contributed by atoms with E-state index in [1.54, 1.807) is 12.4 Å². The molecule has 94 valence electrons. The van der Waals surface area contributed by atoms with Crippen molar-refractivity contribution in [3.8, 4) is 0 Å². The number of rotatable bonds is 3. The molecule has 2 aromatic rings. The molecule has 0 radical (unpaired) electrons. The van der Waals surface area contributed by atoms with Gasteiger partial charge in [0, 0.05) is 16.0 Å². The third-order valence-corrected chi connectivity index (χ3v) is 4.15. The van der Waals surface area contributed by atoms with Crippen molar-refractivity contribution in [2.45, 2.75) is 19.9 Å². The van der Waals surface area contributed by atoms with Gasteiger partial charge in [0.05, 0.1) is 11.6 Å². The Hall–Kier alpha value is -1.37. The maximum atomic E-state index is 12.2. The van der Waals surface area contributed by atoms with E-state index >= 15 is 0 Å². The van der Waals surface area contributed by atoms with Crippen LogP contribution in [0.15, 0.2) is 30.6 Å². The zero-order valence-electron chi connectivity index (χ0n) is 10.2.